The van der Waals surface area contributed by atoms with E-state index in [1.54, 1.807) is 17.0 Å². The lowest BCUT2D eigenvalue weighted by Crippen LogP contribution is -2.49. The number of carbonyl (C=O) groups excluding carboxylic acids is 1. The summed E-state index contributed by atoms with van der Waals surface area (Å²) in [7, 11) is 0. The molecule has 2 aliphatic rings. The first-order valence-electron chi connectivity index (χ1n) is 8.65. The van der Waals surface area contributed by atoms with Crippen molar-refractivity contribution in [1.29, 1.82) is 0 Å². The van der Waals surface area contributed by atoms with Crippen molar-refractivity contribution in [1.82, 2.24) is 9.80 Å². The van der Waals surface area contributed by atoms with Crippen LogP contribution in [0.15, 0.2) is 36.4 Å². The van der Waals surface area contributed by atoms with Crippen molar-refractivity contribution >= 4 is 16.7 Å². The third-order valence-corrected chi connectivity index (χ3v) is 5.19. The summed E-state index contributed by atoms with van der Waals surface area (Å²) in [6.45, 7) is 3.60. The smallest absolute Gasteiger partial charge is 0.257 e. The molecule has 0 aromatic heterocycles. The Labute approximate surface area is 146 Å². The number of rotatable bonds is 2. The van der Waals surface area contributed by atoms with Crippen molar-refractivity contribution in [3.05, 3.63) is 42.0 Å². The minimum absolute atomic E-state index is 0.00686. The molecule has 1 amide bonds. The second-order valence-corrected chi connectivity index (χ2v) is 6.68. The summed E-state index contributed by atoms with van der Waals surface area (Å²) < 4.78 is 5.36. The highest BCUT2D eigenvalue weighted by atomic mass is 16.5. The first-order chi connectivity index (χ1) is 12.1. The first-order valence-corrected chi connectivity index (χ1v) is 8.65. The van der Waals surface area contributed by atoms with E-state index >= 15 is 0 Å². The van der Waals surface area contributed by atoms with Crippen molar-refractivity contribution in [2.24, 2.45) is 0 Å². The van der Waals surface area contributed by atoms with Crippen LogP contribution >= 0.6 is 0 Å². The number of hydrogen-bond acceptors (Lipinski definition) is 5. The number of nitrogens with zero attached hydrogens (tertiary/aromatic N) is 2. The number of amides is 1. The summed E-state index contributed by atoms with van der Waals surface area (Å²) >= 11 is 0. The number of aromatic hydroxyl groups is 1. The number of benzene rings is 2. The van der Waals surface area contributed by atoms with Crippen LogP contribution in [0.25, 0.3) is 10.8 Å². The van der Waals surface area contributed by atoms with Gasteiger partial charge in [-0.1, -0.05) is 30.3 Å². The molecule has 6 nitrogen and oxygen atoms in total. The summed E-state index contributed by atoms with van der Waals surface area (Å²) in [5, 5.41) is 22.5. The van der Waals surface area contributed by atoms with Gasteiger partial charge in [0.05, 0.1) is 30.9 Å². The molecule has 2 N–H and O–H groups in total. The third kappa shape index (κ3) is 2.97. The van der Waals surface area contributed by atoms with Crippen molar-refractivity contribution in [2.45, 2.75) is 12.1 Å². The number of β-amino-alcohol motifs (C(OH)–C–C–N with tert-alkyl or cyclic N) is 1. The van der Waals surface area contributed by atoms with E-state index in [-0.39, 0.29) is 29.8 Å². The Bertz CT molecular complexity index is 788. The number of morpholine rings is 1. The third-order valence-electron chi connectivity index (χ3n) is 5.19. The Morgan fingerprint density at radius 3 is 2.64 bits per heavy atom. The first kappa shape index (κ1) is 16.3. The van der Waals surface area contributed by atoms with E-state index < -0.39 is 6.10 Å². The second-order valence-electron chi connectivity index (χ2n) is 6.68. The highest BCUT2D eigenvalue weighted by Crippen LogP contribution is 2.30. The standard InChI is InChI=1S/C19H22N2O4/c22-17-12-21(11-16(17)20-7-9-25-10-8-20)19(24)15-6-5-13-3-1-2-4-14(13)18(15)23/h1-6,16-17,22-23H,7-12H2/t16-,17-/m0/s1. The van der Waals surface area contributed by atoms with Gasteiger partial charge in [0.2, 0.25) is 0 Å². The number of aliphatic hydroxyl groups excluding tert-OH is 1. The number of phenolic OH excluding ortho intramolecular Hbond substituents is 1. The Hall–Kier alpha value is -2.15. The van der Waals surface area contributed by atoms with E-state index in [9.17, 15) is 15.0 Å². The van der Waals surface area contributed by atoms with Gasteiger partial charge in [-0.3, -0.25) is 9.69 Å². The minimum atomic E-state index is -0.579. The lowest BCUT2D eigenvalue weighted by atomic mass is 10.0. The largest absolute Gasteiger partial charge is 0.506 e. The Kier molecular flexibility index (Phi) is 4.33. The number of fused-ring (bicyclic) bond motifs is 1. The molecule has 2 aromatic rings. The van der Waals surface area contributed by atoms with Gasteiger partial charge in [-0.25, -0.2) is 0 Å². The topological polar surface area (TPSA) is 73.2 Å². The highest BCUT2D eigenvalue weighted by molar-refractivity contribution is 6.03. The maximum Gasteiger partial charge on any atom is 0.257 e. The molecule has 2 aromatic carbocycles. The average molecular weight is 342 g/mol. The number of aliphatic hydroxyl groups is 1. The normalized spacial score (nSPS) is 24.8. The van der Waals surface area contributed by atoms with Crippen molar-refractivity contribution in [3.63, 3.8) is 0 Å². The minimum Gasteiger partial charge on any atom is -0.506 e. The molecule has 2 fully saturated rings. The molecule has 25 heavy (non-hydrogen) atoms. The Morgan fingerprint density at radius 2 is 1.84 bits per heavy atom. The predicted octanol–water partition coefficient (Wildman–Crippen LogP) is 1.06. The fourth-order valence-electron chi connectivity index (χ4n) is 3.80. The molecule has 132 valence electrons. The zero-order valence-electron chi connectivity index (χ0n) is 14.0. The van der Waals surface area contributed by atoms with E-state index in [2.05, 4.69) is 4.90 Å². The average Bonchev–Trinajstić information content (AvgIpc) is 3.04. The maximum absolute atomic E-state index is 12.9. The fourth-order valence-corrected chi connectivity index (χ4v) is 3.80. The van der Waals surface area contributed by atoms with Crippen LogP contribution in [0.4, 0.5) is 0 Å². The van der Waals surface area contributed by atoms with Crippen LogP contribution in [-0.4, -0.2) is 77.5 Å². The van der Waals surface area contributed by atoms with Gasteiger partial charge in [-0.05, 0) is 11.5 Å². The van der Waals surface area contributed by atoms with Crippen LogP contribution in [0.5, 0.6) is 5.75 Å². The van der Waals surface area contributed by atoms with Gasteiger partial charge in [-0.2, -0.15) is 0 Å². The molecule has 6 heteroatoms. The lowest BCUT2D eigenvalue weighted by molar-refractivity contribution is -0.00611. The predicted molar refractivity (Wildman–Crippen MR) is 93.7 cm³/mol. The van der Waals surface area contributed by atoms with Crippen molar-refractivity contribution < 1.29 is 19.7 Å². The fraction of sp³-hybridized carbons (Fsp3) is 0.421. The molecule has 2 atom stereocenters. The number of hydrogen-bond donors (Lipinski definition) is 2. The van der Waals surface area contributed by atoms with Crippen molar-refractivity contribution in [3.8, 4) is 5.75 Å². The summed E-state index contributed by atoms with van der Waals surface area (Å²) in [4.78, 5) is 16.7. The molecule has 0 saturated carbocycles. The summed E-state index contributed by atoms with van der Waals surface area (Å²) in [6, 6.07) is 10.9. The zero-order chi connectivity index (χ0) is 17.4. The van der Waals surface area contributed by atoms with Gasteiger partial charge in [0.25, 0.3) is 5.91 Å². The molecule has 0 radical (unpaired) electrons. The van der Waals surface area contributed by atoms with E-state index in [1.807, 2.05) is 24.3 Å². The van der Waals surface area contributed by atoms with Crippen LogP contribution in [0, 0.1) is 0 Å². The highest BCUT2D eigenvalue weighted by Gasteiger charge is 2.38. The molecule has 0 unspecified atom stereocenters. The molecular weight excluding hydrogens is 320 g/mol. The summed E-state index contributed by atoms with van der Waals surface area (Å²) in [5.41, 5.74) is 0.286. The van der Waals surface area contributed by atoms with E-state index in [1.165, 1.54) is 0 Å². The zero-order valence-corrected chi connectivity index (χ0v) is 14.0. The van der Waals surface area contributed by atoms with Crippen LogP contribution < -0.4 is 0 Å². The van der Waals surface area contributed by atoms with Crippen LogP contribution in [-0.2, 0) is 4.74 Å². The van der Waals surface area contributed by atoms with Gasteiger partial charge < -0.3 is 19.8 Å². The molecule has 4 rings (SSSR count). The maximum atomic E-state index is 12.9. The van der Waals surface area contributed by atoms with Gasteiger partial charge in [0.1, 0.15) is 5.75 Å². The van der Waals surface area contributed by atoms with E-state index in [0.717, 1.165) is 18.5 Å². The molecule has 2 saturated heterocycles. The second kappa shape index (κ2) is 6.63. The quantitative estimate of drug-likeness (QED) is 0.854. The van der Waals surface area contributed by atoms with Crippen LogP contribution in [0.2, 0.25) is 0 Å². The lowest BCUT2D eigenvalue weighted by Gasteiger charge is -2.33. The molecule has 0 spiro atoms. The summed E-state index contributed by atoms with van der Waals surface area (Å²) in [6.07, 6.45) is -0.579. The van der Waals surface area contributed by atoms with Gasteiger partial charge in [-0.15, -0.1) is 0 Å². The van der Waals surface area contributed by atoms with Crippen LogP contribution in [0.1, 0.15) is 10.4 Å². The number of phenols is 1. The van der Waals surface area contributed by atoms with Gasteiger partial charge in [0.15, 0.2) is 0 Å². The number of likely N-dealkylation sites (tertiary alicyclic amines) is 1. The Morgan fingerprint density at radius 1 is 1.08 bits per heavy atom. The molecular formula is C19H22N2O4. The van der Waals surface area contributed by atoms with E-state index in [4.69, 9.17) is 4.74 Å². The SMILES string of the molecule is O=C(c1ccc2ccccc2c1O)N1C[C@H](O)[C@@H](N2CCOCC2)C1. The monoisotopic (exact) mass is 342 g/mol. The van der Waals surface area contributed by atoms with Crippen LogP contribution in [0.3, 0.4) is 0 Å². The number of ether oxygens (including phenoxy) is 1. The van der Waals surface area contributed by atoms with Crippen molar-refractivity contribution in [2.75, 3.05) is 39.4 Å². The van der Waals surface area contributed by atoms with Gasteiger partial charge in [0, 0.05) is 31.6 Å². The molecule has 0 bridgehead atoms. The number of carbonyl (C=O) groups is 1. The molecule has 0 aliphatic carbocycles. The molecule has 2 aliphatic heterocycles. The summed E-state index contributed by atoms with van der Waals surface area (Å²) in [5.74, 6) is -0.231. The molecule has 2 heterocycles. The van der Waals surface area contributed by atoms with Gasteiger partial charge >= 0.3 is 0 Å². The van der Waals surface area contributed by atoms with E-state index in [0.29, 0.717) is 25.1 Å². The Balaban J connectivity index is 1.56.